The van der Waals surface area contributed by atoms with Crippen LogP contribution in [0.2, 0.25) is 0 Å². The topological polar surface area (TPSA) is 68.5 Å². The first-order valence-electron chi connectivity index (χ1n) is 5.57. The summed E-state index contributed by atoms with van der Waals surface area (Å²) in [6.45, 7) is 1.38. The molecule has 2 rings (SSSR count). The fourth-order valence-corrected chi connectivity index (χ4v) is 1.73. The zero-order valence-corrected chi connectivity index (χ0v) is 10.5. The van der Waals surface area contributed by atoms with Crippen LogP contribution in [0.25, 0.3) is 11.0 Å². The number of esters is 1. The molecule has 0 aliphatic heterocycles. The van der Waals surface area contributed by atoms with Gasteiger partial charge in [0.05, 0.1) is 7.11 Å². The molecule has 19 heavy (non-hydrogen) atoms. The van der Waals surface area contributed by atoms with Crippen molar-refractivity contribution in [2.75, 3.05) is 13.7 Å². The predicted molar refractivity (Wildman–Crippen MR) is 65.3 cm³/mol. The van der Waals surface area contributed by atoms with E-state index < -0.39 is 17.7 Å². The van der Waals surface area contributed by atoms with Crippen molar-refractivity contribution in [2.45, 2.75) is 6.92 Å². The first-order valence-corrected chi connectivity index (χ1v) is 5.57. The van der Waals surface area contributed by atoms with E-state index in [1.165, 1.54) is 19.2 Å². The Balaban J connectivity index is 2.30. The summed E-state index contributed by atoms with van der Waals surface area (Å²) in [6, 6.07) is 4.45. The highest BCUT2D eigenvalue weighted by molar-refractivity contribution is 6.00. The minimum absolute atomic E-state index is 0.0102. The molecule has 0 aliphatic carbocycles. The zero-order valence-electron chi connectivity index (χ0n) is 10.5. The second-order valence-electron chi connectivity index (χ2n) is 3.93. The summed E-state index contributed by atoms with van der Waals surface area (Å²) in [5.74, 6) is -1.71. The molecule has 2 aromatic rings. The Morgan fingerprint density at radius 3 is 2.79 bits per heavy atom. The second kappa shape index (κ2) is 5.09. The lowest BCUT2D eigenvalue weighted by atomic mass is 10.1. The van der Waals surface area contributed by atoms with Crippen LogP contribution in [-0.2, 0) is 9.53 Å². The van der Waals surface area contributed by atoms with Crippen molar-refractivity contribution in [1.82, 2.24) is 5.32 Å². The first kappa shape index (κ1) is 13.1. The molecule has 0 spiro atoms. The van der Waals surface area contributed by atoms with Gasteiger partial charge in [0.1, 0.15) is 6.54 Å². The number of fused-ring (bicyclic) bond motifs is 1. The number of nitrogens with one attached hydrogen (secondary N) is 1. The van der Waals surface area contributed by atoms with E-state index in [1.54, 1.807) is 13.0 Å². The van der Waals surface area contributed by atoms with Crippen LogP contribution in [-0.4, -0.2) is 25.5 Å². The van der Waals surface area contributed by atoms with E-state index in [2.05, 4.69) is 10.1 Å². The molecule has 0 fully saturated rings. The molecule has 5 nitrogen and oxygen atoms in total. The van der Waals surface area contributed by atoms with Crippen molar-refractivity contribution in [3.63, 3.8) is 0 Å². The molecule has 1 amide bonds. The summed E-state index contributed by atoms with van der Waals surface area (Å²) < 4.78 is 23.1. The van der Waals surface area contributed by atoms with E-state index in [9.17, 15) is 14.0 Å². The standard InChI is InChI=1S/C13H12FNO4/c1-7-8-4-3-5-9(14)12(8)19-11(7)13(17)15-6-10(16)18-2/h3-5H,6H2,1-2H3,(H,15,17). The number of aryl methyl sites for hydroxylation is 1. The van der Waals surface area contributed by atoms with Crippen LogP contribution < -0.4 is 5.32 Å². The maximum absolute atomic E-state index is 13.5. The Hall–Kier alpha value is -2.37. The van der Waals surface area contributed by atoms with E-state index in [4.69, 9.17) is 4.42 Å². The molecule has 0 unspecified atom stereocenters. The Morgan fingerprint density at radius 2 is 2.16 bits per heavy atom. The number of rotatable bonds is 3. The minimum Gasteiger partial charge on any atom is -0.468 e. The van der Waals surface area contributed by atoms with Crippen molar-refractivity contribution < 1.29 is 23.1 Å². The highest BCUT2D eigenvalue weighted by atomic mass is 19.1. The highest BCUT2D eigenvalue weighted by Gasteiger charge is 2.19. The van der Waals surface area contributed by atoms with Gasteiger partial charge in [-0.3, -0.25) is 9.59 Å². The van der Waals surface area contributed by atoms with Gasteiger partial charge >= 0.3 is 5.97 Å². The number of furan rings is 1. The van der Waals surface area contributed by atoms with Crippen LogP contribution in [0.1, 0.15) is 16.1 Å². The molecule has 0 bridgehead atoms. The third-order valence-corrected chi connectivity index (χ3v) is 2.74. The summed E-state index contributed by atoms with van der Waals surface area (Å²) in [7, 11) is 1.22. The number of hydrogen-bond acceptors (Lipinski definition) is 4. The number of benzene rings is 1. The van der Waals surface area contributed by atoms with Gasteiger partial charge in [-0.15, -0.1) is 0 Å². The number of hydrogen-bond donors (Lipinski definition) is 1. The lowest BCUT2D eigenvalue weighted by Gasteiger charge is -2.01. The summed E-state index contributed by atoms with van der Waals surface area (Å²) in [5, 5.41) is 2.87. The van der Waals surface area contributed by atoms with E-state index >= 15 is 0 Å². The smallest absolute Gasteiger partial charge is 0.325 e. The molecular formula is C13H12FNO4. The Labute approximate surface area is 108 Å². The molecule has 0 saturated heterocycles. The normalized spacial score (nSPS) is 10.5. The van der Waals surface area contributed by atoms with Gasteiger partial charge < -0.3 is 14.5 Å². The van der Waals surface area contributed by atoms with Gasteiger partial charge in [-0.1, -0.05) is 12.1 Å². The maximum atomic E-state index is 13.5. The molecular weight excluding hydrogens is 253 g/mol. The highest BCUT2D eigenvalue weighted by Crippen LogP contribution is 2.27. The number of para-hydroxylation sites is 1. The van der Waals surface area contributed by atoms with Crippen LogP contribution in [0.3, 0.4) is 0 Å². The molecule has 1 aromatic heterocycles. The summed E-state index contributed by atoms with van der Waals surface area (Å²) in [6.07, 6.45) is 0. The molecule has 1 heterocycles. The Bertz CT molecular complexity index is 647. The summed E-state index contributed by atoms with van der Waals surface area (Å²) >= 11 is 0. The van der Waals surface area contributed by atoms with E-state index in [0.29, 0.717) is 10.9 Å². The first-order chi connectivity index (χ1) is 9.04. The lowest BCUT2D eigenvalue weighted by molar-refractivity contribution is -0.139. The molecule has 6 heteroatoms. The van der Waals surface area contributed by atoms with Gasteiger partial charge in [-0.2, -0.15) is 0 Å². The molecule has 0 saturated carbocycles. The van der Waals surface area contributed by atoms with Gasteiger partial charge in [-0.25, -0.2) is 4.39 Å². The number of carbonyl (C=O) groups is 2. The van der Waals surface area contributed by atoms with Gasteiger partial charge in [0.2, 0.25) is 0 Å². The van der Waals surface area contributed by atoms with Crippen molar-refractivity contribution in [1.29, 1.82) is 0 Å². The van der Waals surface area contributed by atoms with Crippen LogP contribution in [0, 0.1) is 12.7 Å². The van der Waals surface area contributed by atoms with E-state index in [1.807, 2.05) is 0 Å². The number of carbonyl (C=O) groups excluding carboxylic acids is 2. The van der Waals surface area contributed by atoms with Crippen LogP contribution >= 0.6 is 0 Å². The SMILES string of the molecule is COC(=O)CNC(=O)c1oc2c(F)cccc2c1C. The van der Waals surface area contributed by atoms with Crippen molar-refractivity contribution >= 4 is 22.8 Å². The number of methoxy groups -OCH3 is 1. The van der Waals surface area contributed by atoms with Crippen LogP contribution in [0.15, 0.2) is 22.6 Å². The Morgan fingerprint density at radius 1 is 1.42 bits per heavy atom. The van der Waals surface area contributed by atoms with Crippen LogP contribution in [0.4, 0.5) is 4.39 Å². The van der Waals surface area contributed by atoms with Crippen LogP contribution in [0.5, 0.6) is 0 Å². The van der Waals surface area contributed by atoms with Crippen molar-refractivity contribution in [3.05, 3.63) is 35.3 Å². The number of ether oxygens (including phenoxy) is 1. The van der Waals surface area contributed by atoms with Crippen molar-refractivity contribution in [3.8, 4) is 0 Å². The lowest BCUT2D eigenvalue weighted by Crippen LogP contribution is -2.30. The fraction of sp³-hybridized carbons (Fsp3) is 0.231. The minimum atomic E-state index is -0.585. The summed E-state index contributed by atoms with van der Waals surface area (Å²) in [4.78, 5) is 22.8. The fourth-order valence-electron chi connectivity index (χ4n) is 1.73. The molecule has 0 radical (unpaired) electrons. The monoisotopic (exact) mass is 265 g/mol. The quantitative estimate of drug-likeness (QED) is 0.859. The third kappa shape index (κ3) is 2.42. The average molecular weight is 265 g/mol. The zero-order chi connectivity index (χ0) is 14.0. The molecule has 0 atom stereocenters. The second-order valence-corrected chi connectivity index (χ2v) is 3.93. The predicted octanol–water partition coefficient (Wildman–Crippen LogP) is 1.78. The van der Waals surface area contributed by atoms with Crippen molar-refractivity contribution in [2.24, 2.45) is 0 Å². The molecule has 1 N–H and O–H groups in total. The third-order valence-electron chi connectivity index (χ3n) is 2.74. The molecule has 100 valence electrons. The van der Waals surface area contributed by atoms with Gasteiger partial charge in [-0.05, 0) is 13.0 Å². The largest absolute Gasteiger partial charge is 0.468 e. The average Bonchev–Trinajstić information content (AvgIpc) is 2.75. The maximum Gasteiger partial charge on any atom is 0.325 e. The molecule has 1 aromatic carbocycles. The summed E-state index contributed by atoms with van der Waals surface area (Å²) in [5.41, 5.74) is 0.556. The number of amides is 1. The van der Waals surface area contributed by atoms with E-state index in [0.717, 1.165) is 0 Å². The number of halogens is 1. The van der Waals surface area contributed by atoms with Gasteiger partial charge in [0.15, 0.2) is 17.2 Å². The Kier molecular flexibility index (Phi) is 3.50. The van der Waals surface area contributed by atoms with Gasteiger partial charge in [0, 0.05) is 10.9 Å². The van der Waals surface area contributed by atoms with E-state index in [-0.39, 0.29) is 17.9 Å². The van der Waals surface area contributed by atoms with Gasteiger partial charge in [0.25, 0.3) is 5.91 Å². The molecule has 0 aliphatic rings.